The Hall–Kier alpha value is -2.04. The van der Waals surface area contributed by atoms with Crippen molar-refractivity contribution < 1.29 is 14.3 Å². The lowest BCUT2D eigenvalue weighted by molar-refractivity contribution is 0.0887. The molecule has 0 saturated carbocycles. The molecule has 0 spiro atoms. The van der Waals surface area contributed by atoms with Crippen LogP contribution in [0, 0.1) is 6.92 Å². The fourth-order valence-corrected chi connectivity index (χ4v) is 2.84. The first-order chi connectivity index (χ1) is 10.6. The third-order valence-electron chi connectivity index (χ3n) is 4.02. The molecule has 1 heterocycles. The minimum atomic E-state index is -0.357. The number of amides is 2. The number of ether oxygens (including phenoxy) is 1. The van der Waals surface area contributed by atoms with Gasteiger partial charge in [0, 0.05) is 18.7 Å². The predicted octanol–water partition coefficient (Wildman–Crippen LogP) is 2.77. The number of urea groups is 1. The SMILES string of the molecule is CCCNC(=O)N1CCCC1C(=O)c1ccc(OC)c(C)c1. The molecule has 2 amide bonds. The standard InChI is InChI=1S/C17H24N2O3/c1-4-9-18-17(21)19-10-5-6-14(19)16(20)13-7-8-15(22-3)12(2)11-13/h7-8,11,14H,4-6,9-10H2,1-3H3,(H,18,21). The van der Waals surface area contributed by atoms with Crippen LogP contribution in [0.25, 0.3) is 0 Å². The maximum absolute atomic E-state index is 12.7. The first-order valence-corrected chi connectivity index (χ1v) is 7.81. The summed E-state index contributed by atoms with van der Waals surface area (Å²) in [5.74, 6) is 0.774. The Morgan fingerprint density at radius 2 is 2.18 bits per heavy atom. The maximum Gasteiger partial charge on any atom is 0.318 e. The summed E-state index contributed by atoms with van der Waals surface area (Å²) < 4.78 is 5.22. The number of Topliss-reactive ketones (excluding diaryl/α,β-unsaturated/α-hetero) is 1. The van der Waals surface area contributed by atoms with E-state index in [0.717, 1.165) is 30.6 Å². The van der Waals surface area contributed by atoms with Crippen molar-refractivity contribution in [2.45, 2.75) is 39.2 Å². The van der Waals surface area contributed by atoms with Gasteiger partial charge in [0.25, 0.3) is 0 Å². The summed E-state index contributed by atoms with van der Waals surface area (Å²) in [6.45, 7) is 5.20. The number of aryl methyl sites for hydroxylation is 1. The second-order valence-corrected chi connectivity index (χ2v) is 5.63. The number of nitrogens with zero attached hydrogens (tertiary/aromatic N) is 1. The number of carbonyl (C=O) groups excluding carboxylic acids is 2. The zero-order chi connectivity index (χ0) is 16.1. The van der Waals surface area contributed by atoms with Gasteiger partial charge in [-0.1, -0.05) is 6.92 Å². The van der Waals surface area contributed by atoms with Crippen molar-refractivity contribution in [2.24, 2.45) is 0 Å². The minimum Gasteiger partial charge on any atom is -0.496 e. The molecule has 22 heavy (non-hydrogen) atoms. The highest BCUT2D eigenvalue weighted by Gasteiger charge is 2.34. The molecule has 120 valence electrons. The maximum atomic E-state index is 12.7. The van der Waals surface area contributed by atoms with Gasteiger partial charge in [-0.3, -0.25) is 4.79 Å². The summed E-state index contributed by atoms with van der Waals surface area (Å²) in [5.41, 5.74) is 1.56. The van der Waals surface area contributed by atoms with E-state index >= 15 is 0 Å². The van der Waals surface area contributed by atoms with Gasteiger partial charge in [0.05, 0.1) is 13.2 Å². The number of nitrogens with one attached hydrogen (secondary N) is 1. The average Bonchev–Trinajstić information content (AvgIpc) is 3.01. The number of hydrogen-bond acceptors (Lipinski definition) is 3. The van der Waals surface area contributed by atoms with Crippen LogP contribution in [0.5, 0.6) is 5.75 Å². The van der Waals surface area contributed by atoms with Crippen molar-refractivity contribution >= 4 is 11.8 Å². The van der Waals surface area contributed by atoms with Crippen molar-refractivity contribution in [3.8, 4) is 5.75 Å². The molecule has 1 aromatic carbocycles. The van der Waals surface area contributed by atoms with Gasteiger partial charge in [0.15, 0.2) is 5.78 Å². The Kier molecular flexibility index (Phi) is 5.41. The van der Waals surface area contributed by atoms with E-state index in [4.69, 9.17) is 4.74 Å². The third-order valence-corrected chi connectivity index (χ3v) is 4.02. The number of rotatable bonds is 5. The first kappa shape index (κ1) is 16.3. The Morgan fingerprint density at radius 3 is 2.82 bits per heavy atom. The zero-order valence-corrected chi connectivity index (χ0v) is 13.5. The summed E-state index contributed by atoms with van der Waals surface area (Å²) in [6.07, 6.45) is 2.48. The van der Waals surface area contributed by atoms with Gasteiger partial charge in [-0.15, -0.1) is 0 Å². The molecule has 0 aromatic heterocycles. The van der Waals surface area contributed by atoms with Crippen molar-refractivity contribution in [1.29, 1.82) is 0 Å². The summed E-state index contributed by atoms with van der Waals surface area (Å²) in [5, 5.41) is 2.85. The number of likely N-dealkylation sites (tertiary alicyclic amines) is 1. The van der Waals surface area contributed by atoms with Gasteiger partial charge in [-0.05, 0) is 49.9 Å². The van der Waals surface area contributed by atoms with E-state index in [1.165, 1.54) is 0 Å². The fourth-order valence-electron chi connectivity index (χ4n) is 2.84. The molecule has 1 unspecified atom stereocenters. The van der Waals surface area contributed by atoms with Gasteiger partial charge in [-0.25, -0.2) is 4.79 Å². The van der Waals surface area contributed by atoms with Crippen LogP contribution >= 0.6 is 0 Å². The third kappa shape index (κ3) is 3.40. The fraction of sp³-hybridized carbons (Fsp3) is 0.529. The van der Waals surface area contributed by atoms with Crippen molar-refractivity contribution in [1.82, 2.24) is 10.2 Å². The van der Waals surface area contributed by atoms with Crippen LogP contribution < -0.4 is 10.1 Å². The van der Waals surface area contributed by atoms with E-state index in [9.17, 15) is 9.59 Å². The molecular formula is C17H24N2O3. The number of benzene rings is 1. The van der Waals surface area contributed by atoms with Crippen LogP contribution in [-0.2, 0) is 0 Å². The van der Waals surface area contributed by atoms with E-state index < -0.39 is 0 Å². The van der Waals surface area contributed by atoms with Gasteiger partial charge in [-0.2, -0.15) is 0 Å². The molecule has 5 heteroatoms. The van der Waals surface area contributed by atoms with Crippen LogP contribution in [0.3, 0.4) is 0 Å². The Labute approximate surface area is 131 Å². The molecule has 1 aliphatic rings. The predicted molar refractivity (Wildman–Crippen MR) is 85.5 cm³/mol. The van der Waals surface area contributed by atoms with E-state index in [-0.39, 0.29) is 17.9 Å². The molecule has 0 aliphatic carbocycles. The number of hydrogen-bond donors (Lipinski definition) is 1. The second-order valence-electron chi connectivity index (χ2n) is 5.63. The largest absolute Gasteiger partial charge is 0.496 e. The van der Waals surface area contributed by atoms with Gasteiger partial charge < -0.3 is 15.0 Å². The molecule has 1 N–H and O–H groups in total. The van der Waals surface area contributed by atoms with Crippen LogP contribution in [-0.4, -0.2) is 43.0 Å². The second kappa shape index (κ2) is 7.29. The quantitative estimate of drug-likeness (QED) is 0.851. The number of ketones is 1. The Morgan fingerprint density at radius 1 is 1.41 bits per heavy atom. The molecule has 1 atom stereocenters. The summed E-state index contributed by atoms with van der Waals surface area (Å²) >= 11 is 0. The zero-order valence-electron chi connectivity index (χ0n) is 13.5. The van der Waals surface area contributed by atoms with Crippen molar-refractivity contribution in [2.75, 3.05) is 20.2 Å². The Bertz CT molecular complexity index is 557. The van der Waals surface area contributed by atoms with Crippen LogP contribution in [0.2, 0.25) is 0 Å². The highest BCUT2D eigenvalue weighted by Crippen LogP contribution is 2.24. The van der Waals surface area contributed by atoms with E-state index in [1.807, 2.05) is 19.9 Å². The van der Waals surface area contributed by atoms with E-state index in [1.54, 1.807) is 24.1 Å². The molecule has 0 radical (unpaired) electrons. The molecular weight excluding hydrogens is 280 g/mol. The lowest BCUT2D eigenvalue weighted by Gasteiger charge is -2.24. The van der Waals surface area contributed by atoms with Crippen molar-refractivity contribution in [3.05, 3.63) is 29.3 Å². The summed E-state index contributed by atoms with van der Waals surface area (Å²) in [4.78, 5) is 26.5. The number of carbonyl (C=O) groups is 2. The van der Waals surface area contributed by atoms with Crippen molar-refractivity contribution in [3.63, 3.8) is 0 Å². The molecule has 0 bridgehead atoms. The number of methoxy groups -OCH3 is 1. The van der Waals surface area contributed by atoms with Crippen LogP contribution in [0.15, 0.2) is 18.2 Å². The smallest absolute Gasteiger partial charge is 0.318 e. The molecule has 1 aliphatic heterocycles. The van der Waals surface area contributed by atoms with Gasteiger partial charge in [0.1, 0.15) is 5.75 Å². The normalized spacial score (nSPS) is 17.4. The lowest BCUT2D eigenvalue weighted by Crippen LogP contribution is -2.46. The highest BCUT2D eigenvalue weighted by atomic mass is 16.5. The van der Waals surface area contributed by atoms with E-state index in [0.29, 0.717) is 18.7 Å². The summed E-state index contributed by atoms with van der Waals surface area (Å²) in [6, 6.07) is 4.92. The highest BCUT2D eigenvalue weighted by molar-refractivity contribution is 6.02. The average molecular weight is 304 g/mol. The Balaban J connectivity index is 2.13. The molecule has 1 fully saturated rings. The van der Waals surface area contributed by atoms with Gasteiger partial charge in [0.2, 0.25) is 0 Å². The molecule has 5 nitrogen and oxygen atoms in total. The monoisotopic (exact) mass is 304 g/mol. The summed E-state index contributed by atoms with van der Waals surface area (Å²) in [7, 11) is 1.61. The van der Waals surface area contributed by atoms with Gasteiger partial charge >= 0.3 is 6.03 Å². The van der Waals surface area contributed by atoms with E-state index in [2.05, 4.69) is 5.32 Å². The minimum absolute atomic E-state index is 0.00917. The molecule has 1 aromatic rings. The lowest BCUT2D eigenvalue weighted by atomic mass is 10.00. The first-order valence-electron chi connectivity index (χ1n) is 7.81. The van der Waals surface area contributed by atoms with Crippen LogP contribution in [0.4, 0.5) is 4.79 Å². The molecule has 2 rings (SSSR count). The topological polar surface area (TPSA) is 58.6 Å². The van der Waals surface area contributed by atoms with Crippen LogP contribution in [0.1, 0.15) is 42.1 Å². The molecule has 1 saturated heterocycles.